The van der Waals surface area contributed by atoms with Gasteiger partial charge in [0.25, 0.3) is 0 Å². The van der Waals surface area contributed by atoms with Gasteiger partial charge in [-0.15, -0.1) is 0 Å². The van der Waals surface area contributed by atoms with Crippen molar-refractivity contribution in [3.05, 3.63) is 28.2 Å². The Labute approximate surface area is 114 Å². The summed E-state index contributed by atoms with van der Waals surface area (Å²) in [5.41, 5.74) is -0.675. The van der Waals surface area contributed by atoms with Crippen molar-refractivity contribution < 1.29 is 28.6 Å². The first-order valence-corrected chi connectivity index (χ1v) is 5.71. The van der Waals surface area contributed by atoms with Gasteiger partial charge in [0.05, 0.1) is 6.54 Å². The minimum atomic E-state index is -1.80. The second kappa shape index (κ2) is 6.43. The molecular weight excluding hydrogens is 330 g/mol. The summed E-state index contributed by atoms with van der Waals surface area (Å²) in [5.74, 6) is -3.53. The van der Waals surface area contributed by atoms with Crippen LogP contribution in [0.2, 0.25) is 0 Å². The van der Waals surface area contributed by atoms with Crippen LogP contribution in [-0.4, -0.2) is 34.9 Å². The number of aliphatic hydroxyl groups excluding tert-OH is 1. The molecule has 0 saturated heterocycles. The lowest BCUT2D eigenvalue weighted by atomic mass is 10.3. The summed E-state index contributed by atoms with van der Waals surface area (Å²) in [4.78, 5) is 21.5. The Morgan fingerprint density at radius 1 is 1.32 bits per heavy atom. The molecule has 0 aliphatic carbocycles. The van der Waals surface area contributed by atoms with Crippen molar-refractivity contribution in [1.82, 2.24) is 5.32 Å². The van der Waals surface area contributed by atoms with Crippen LogP contribution in [0.15, 0.2) is 16.6 Å². The number of carbonyl (C=O) groups excluding carboxylic acids is 1. The lowest BCUT2D eigenvalue weighted by Crippen LogP contribution is -2.39. The second-order valence-corrected chi connectivity index (χ2v) is 4.35. The van der Waals surface area contributed by atoms with Gasteiger partial charge in [-0.2, -0.15) is 0 Å². The lowest BCUT2D eigenvalue weighted by Gasteiger charge is -2.10. The Morgan fingerprint density at radius 2 is 1.84 bits per heavy atom. The van der Waals surface area contributed by atoms with Gasteiger partial charge >= 0.3 is 12.0 Å². The molecule has 0 saturated carbocycles. The highest BCUT2D eigenvalue weighted by molar-refractivity contribution is 9.10. The number of amides is 2. The Kier molecular flexibility index (Phi) is 5.19. The van der Waals surface area contributed by atoms with Crippen LogP contribution < -0.4 is 10.6 Å². The van der Waals surface area contributed by atoms with E-state index >= 15 is 0 Å². The molecule has 0 aliphatic heterocycles. The van der Waals surface area contributed by atoms with Gasteiger partial charge in [-0.05, 0) is 12.1 Å². The number of aliphatic hydroxyl groups is 1. The Morgan fingerprint density at radius 3 is 2.32 bits per heavy atom. The molecule has 0 radical (unpaired) electrons. The van der Waals surface area contributed by atoms with Gasteiger partial charge in [-0.25, -0.2) is 18.4 Å². The van der Waals surface area contributed by atoms with Crippen LogP contribution in [0, 0.1) is 11.6 Å². The molecule has 1 atom stereocenters. The molecule has 2 amide bonds. The largest absolute Gasteiger partial charge is 0.479 e. The summed E-state index contributed by atoms with van der Waals surface area (Å²) in [7, 11) is 0. The van der Waals surface area contributed by atoms with Crippen molar-refractivity contribution in [2.45, 2.75) is 6.10 Å². The molecule has 0 heterocycles. The van der Waals surface area contributed by atoms with Crippen LogP contribution in [0.5, 0.6) is 0 Å². The Bertz CT molecular complexity index is 489. The monoisotopic (exact) mass is 338 g/mol. The van der Waals surface area contributed by atoms with Gasteiger partial charge in [0.1, 0.15) is 5.69 Å². The van der Waals surface area contributed by atoms with Gasteiger partial charge in [-0.1, -0.05) is 15.9 Å². The molecule has 104 valence electrons. The summed E-state index contributed by atoms with van der Waals surface area (Å²) in [6.45, 7) is -0.596. The molecular formula is C10H9BrF2N2O4. The first-order chi connectivity index (χ1) is 8.81. The summed E-state index contributed by atoms with van der Waals surface area (Å²) in [6.07, 6.45) is -1.80. The average molecular weight is 339 g/mol. The number of carbonyl (C=O) groups is 2. The number of carboxylic acid groups (broad SMARTS) is 1. The molecule has 0 bridgehead atoms. The fourth-order valence-electron chi connectivity index (χ4n) is 1.10. The molecule has 9 heteroatoms. The summed E-state index contributed by atoms with van der Waals surface area (Å²) in [5, 5.41) is 21.1. The van der Waals surface area contributed by atoms with E-state index in [1.807, 2.05) is 10.6 Å². The normalized spacial score (nSPS) is 11.8. The van der Waals surface area contributed by atoms with Crippen molar-refractivity contribution in [2.75, 3.05) is 11.9 Å². The zero-order chi connectivity index (χ0) is 14.6. The van der Waals surface area contributed by atoms with E-state index in [2.05, 4.69) is 15.9 Å². The molecule has 0 fully saturated rings. The molecule has 1 aromatic rings. The summed E-state index contributed by atoms with van der Waals surface area (Å²) < 4.78 is 26.8. The number of carboxylic acids is 1. The van der Waals surface area contributed by atoms with Crippen LogP contribution in [0.4, 0.5) is 19.3 Å². The highest BCUT2D eigenvalue weighted by Crippen LogP contribution is 2.23. The predicted octanol–water partition coefficient (Wildman–Crippen LogP) is 1.29. The van der Waals surface area contributed by atoms with Gasteiger partial charge in [0.2, 0.25) is 0 Å². The van der Waals surface area contributed by atoms with Gasteiger partial charge in [-0.3, -0.25) is 0 Å². The second-order valence-electron chi connectivity index (χ2n) is 3.43. The molecule has 1 unspecified atom stereocenters. The number of hydrogen-bond acceptors (Lipinski definition) is 3. The van der Waals surface area contributed by atoms with Gasteiger partial charge in [0.15, 0.2) is 17.7 Å². The van der Waals surface area contributed by atoms with E-state index in [-0.39, 0.29) is 4.47 Å². The first-order valence-electron chi connectivity index (χ1n) is 4.91. The van der Waals surface area contributed by atoms with E-state index in [1.165, 1.54) is 0 Å². The highest BCUT2D eigenvalue weighted by Gasteiger charge is 2.16. The summed E-state index contributed by atoms with van der Waals surface area (Å²) >= 11 is 2.87. The summed E-state index contributed by atoms with van der Waals surface area (Å²) in [6, 6.07) is 0.857. The van der Waals surface area contributed by atoms with Crippen LogP contribution in [0.1, 0.15) is 0 Å². The predicted molar refractivity (Wildman–Crippen MR) is 64.7 cm³/mol. The molecule has 1 rings (SSSR count). The number of urea groups is 1. The third-order valence-electron chi connectivity index (χ3n) is 1.99. The number of hydrogen-bond donors (Lipinski definition) is 4. The standard InChI is InChI=1S/C10H9BrF2N2O4/c11-4-1-5(12)8(6(13)2-4)15-10(19)14-3-7(16)9(17)18/h1-2,7,16H,3H2,(H,17,18)(H2,14,15,19). The maximum absolute atomic E-state index is 13.3. The van der Waals surface area contributed by atoms with Crippen LogP contribution in [0.25, 0.3) is 0 Å². The average Bonchev–Trinajstić information content (AvgIpc) is 2.30. The third kappa shape index (κ3) is 4.45. The topological polar surface area (TPSA) is 98.7 Å². The van der Waals surface area contributed by atoms with Crippen molar-refractivity contribution in [3.8, 4) is 0 Å². The smallest absolute Gasteiger partial charge is 0.334 e. The van der Waals surface area contributed by atoms with E-state index < -0.39 is 42.0 Å². The molecule has 6 nitrogen and oxygen atoms in total. The van der Waals surface area contributed by atoms with Crippen molar-refractivity contribution in [2.24, 2.45) is 0 Å². The SMILES string of the molecule is O=C(NCC(O)C(=O)O)Nc1c(F)cc(Br)cc1F. The lowest BCUT2D eigenvalue weighted by molar-refractivity contribution is -0.146. The fraction of sp³-hybridized carbons (Fsp3) is 0.200. The third-order valence-corrected chi connectivity index (χ3v) is 2.44. The van der Waals surface area contributed by atoms with E-state index in [0.717, 1.165) is 12.1 Å². The van der Waals surface area contributed by atoms with E-state index in [4.69, 9.17) is 10.2 Å². The number of rotatable bonds is 4. The molecule has 0 spiro atoms. The van der Waals surface area contributed by atoms with Gasteiger partial charge < -0.3 is 20.8 Å². The van der Waals surface area contributed by atoms with Crippen molar-refractivity contribution in [3.63, 3.8) is 0 Å². The van der Waals surface area contributed by atoms with Crippen molar-refractivity contribution in [1.29, 1.82) is 0 Å². The van der Waals surface area contributed by atoms with E-state index in [0.29, 0.717) is 0 Å². The quantitative estimate of drug-likeness (QED) is 0.664. The molecule has 0 aromatic heterocycles. The van der Waals surface area contributed by atoms with Crippen LogP contribution >= 0.6 is 15.9 Å². The maximum Gasteiger partial charge on any atom is 0.334 e. The number of nitrogens with one attached hydrogen (secondary N) is 2. The molecule has 19 heavy (non-hydrogen) atoms. The molecule has 0 aliphatic rings. The zero-order valence-corrected chi connectivity index (χ0v) is 10.9. The first kappa shape index (κ1) is 15.3. The number of anilines is 1. The maximum atomic E-state index is 13.3. The number of halogens is 3. The number of benzene rings is 1. The van der Waals surface area contributed by atoms with E-state index in [1.54, 1.807) is 0 Å². The van der Waals surface area contributed by atoms with Crippen molar-refractivity contribution >= 4 is 33.6 Å². The zero-order valence-electron chi connectivity index (χ0n) is 9.28. The van der Waals surface area contributed by atoms with Crippen LogP contribution in [-0.2, 0) is 4.79 Å². The number of aliphatic carboxylic acids is 1. The Hall–Kier alpha value is -1.74. The Balaban J connectivity index is 2.65. The van der Waals surface area contributed by atoms with Gasteiger partial charge in [0, 0.05) is 4.47 Å². The van der Waals surface area contributed by atoms with E-state index in [9.17, 15) is 18.4 Å². The van der Waals surface area contributed by atoms with Crippen LogP contribution in [0.3, 0.4) is 0 Å². The molecule has 4 N–H and O–H groups in total. The highest BCUT2D eigenvalue weighted by atomic mass is 79.9. The minimum Gasteiger partial charge on any atom is -0.479 e. The minimum absolute atomic E-state index is 0.162. The fourth-order valence-corrected chi connectivity index (χ4v) is 1.50. The molecule has 1 aromatic carbocycles.